The van der Waals surface area contributed by atoms with E-state index in [2.05, 4.69) is 41.8 Å². The molecule has 0 heterocycles. The van der Waals surface area contributed by atoms with Gasteiger partial charge in [0.05, 0.1) is 0 Å². The molecule has 0 saturated carbocycles. The number of aryl methyl sites for hydroxylation is 1. The van der Waals surface area contributed by atoms with Gasteiger partial charge in [0.25, 0.3) is 0 Å². The van der Waals surface area contributed by atoms with E-state index in [1.807, 2.05) is 0 Å². The molecule has 0 aliphatic rings. The van der Waals surface area contributed by atoms with Gasteiger partial charge in [-0.05, 0) is 25.5 Å². The summed E-state index contributed by atoms with van der Waals surface area (Å²) in [5, 5.41) is 13.9. The average molecular weight is 222 g/mol. The predicted octanol–water partition coefficient (Wildman–Crippen LogP) is 1.74. The fourth-order valence-electron chi connectivity index (χ4n) is 1.35. The molecule has 1 aromatic rings. The molecule has 1 aromatic carbocycles. The number of carboxylic acid groups (broad SMARTS) is 1. The van der Waals surface area contributed by atoms with Crippen LogP contribution in [0.4, 0.5) is 4.79 Å². The normalized spacial score (nSPS) is 10.1. The lowest BCUT2D eigenvalue weighted by Crippen LogP contribution is -2.25. The molecule has 16 heavy (non-hydrogen) atoms. The molecule has 3 N–H and O–H groups in total. The topological polar surface area (TPSA) is 61.4 Å². The van der Waals surface area contributed by atoms with E-state index in [-0.39, 0.29) is 0 Å². The van der Waals surface area contributed by atoms with Crippen LogP contribution in [0.1, 0.15) is 17.5 Å². The van der Waals surface area contributed by atoms with Crippen molar-refractivity contribution < 1.29 is 9.90 Å². The highest BCUT2D eigenvalue weighted by atomic mass is 16.4. The first-order valence-corrected chi connectivity index (χ1v) is 5.41. The van der Waals surface area contributed by atoms with Gasteiger partial charge in [0.15, 0.2) is 0 Å². The molecule has 0 saturated heterocycles. The van der Waals surface area contributed by atoms with E-state index < -0.39 is 6.09 Å². The van der Waals surface area contributed by atoms with Gasteiger partial charge in [0.1, 0.15) is 0 Å². The maximum Gasteiger partial charge on any atom is 0.404 e. The van der Waals surface area contributed by atoms with Gasteiger partial charge in [-0.15, -0.1) is 0 Å². The van der Waals surface area contributed by atoms with Gasteiger partial charge in [0, 0.05) is 13.1 Å². The molecule has 0 aliphatic carbocycles. The molecule has 0 aromatic heterocycles. The zero-order valence-corrected chi connectivity index (χ0v) is 9.49. The number of rotatable bonds is 6. The fourth-order valence-corrected chi connectivity index (χ4v) is 1.35. The molecule has 1 rings (SSSR count). The molecule has 1 amide bonds. The number of amides is 1. The van der Waals surface area contributed by atoms with Gasteiger partial charge in [0.2, 0.25) is 0 Å². The molecule has 0 atom stereocenters. The van der Waals surface area contributed by atoms with Gasteiger partial charge < -0.3 is 15.7 Å². The van der Waals surface area contributed by atoms with Crippen molar-refractivity contribution in [1.29, 1.82) is 0 Å². The SMILES string of the molecule is Cc1ccc(CNCCCNC(=O)O)cc1. The van der Waals surface area contributed by atoms with E-state index in [9.17, 15) is 4.79 Å². The molecular formula is C12H18N2O2. The molecule has 0 fully saturated rings. The monoisotopic (exact) mass is 222 g/mol. The summed E-state index contributed by atoms with van der Waals surface area (Å²) in [5.41, 5.74) is 2.51. The first kappa shape index (κ1) is 12.5. The second kappa shape index (κ2) is 6.85. The van der Waals surface area contributed by atoms with E-state index in [1.165, 1.54) is 11.1 Å². The summed E-state index contributed by atoms with van der Waals surface area (Å²) in [6.07, 6.45) is -0.156. The third kappa shape index (κ3) is 5.36. The highest BCUT2D eigenvalue weighted by Gasteiger charge is 1.94. The van der Waals surface area contributed by atoms with Crippen molar-refractivity contribution in [3.05, 3.63) is 35.4 Å². The average Bonchev–Trinajstić information content (AvgIpc) is 2.25. The minimum atomic E-state index is -0.960. The van der Waals surface area contributed by atoms with Crippen LogP contribution in [-0.2, 0) is 6.54 Å². The summed E-state index contributed by atoms with van der Waals surface area (Å²) in [6.45, 7) is 4.20. The quantitative estimate of drug-likeness (QED) is 0.642. The summed E-state index contributed by atoms with van der Waals surface area (Å²) in [6, 6.07) is 8.36. The first-order chi connectivity index (χ1) is 7.68. The smallest absolute Gasteiger partial charge is 0.404 e. The van der Waals surface area contributed by atoms with E-state index in [1.54, 1.807) is 0 Å². The molecule has 88 valence electrons. The van der Waals surface area contributed by atoms with Crippen LogP contribution in [0, 0.1) is 6.92 Å². The van der Waals surface area contributed by atoms with Crippen LogP contribution in [0.3, 0.4) is 0 Å². The van der Waals surface area contributed by atoms with Crippen molar-refractivity contribution >= 4 is 6.09 Å². The maximum atomic E-state index is 10.2. The number of benzene rings is 1. The molecule has 0 spiro atoms. The van der Waals surface area contributed by atoms with E-state index >= 15 is 0 Å². The molecular weight excluding hydrogens is 204 g/mol. The van der Waals surface area contributed by atoms with Gasteiger partial charge in [-0.2, -0.15) is 0 Å². The van der Waals surface area contributed by atoms with Crippen molar-refractivity contribution in [2.75, 3.05) is 13.1 Å². The Labute approximate surface area is 95.7 Å². The van der Waals surface area contributed by atoms with E-state index in [0.717, 1.165) is 19.5 Å². The third-order valence-electron chi connectivity index (χ3n) is 2.26. The van der Waals surface area contributed by atoms with Crippen LogP contribution in [0.2, 0.25) is 0 Å². The summed E-state index contributed by atoms with van der Waals surface area (Å²) in [7, 11) is 0. The fraction of sp³-hybridized carbons (Fsp3) is 0.417. The molecule has 0 radical (unpaired) electrons. The van der Waals surface area contributed by atoms with Crippen molar-refractivity contribution in [3.8, 4) is 0 Å². The second-order valence-electron chi connectivity index (χ2n) is 3.75. The first-order valence-electron chi connectivity index (χ1n) is 5.41. The minimum Gasteiger partial charge on any atom is -0.465 e. The van der Waals surface area contributed by atoms with Crippen LogP contribution in [-0.4, -0.2) is 24.3 Å². The van der Waals surface area contributed by atoms with Gasteiger partial charge in [-0.3, -0.25) is 0 Å². The lowest BCUT2D eigenvalue weighted by molar-refractivity contribution is 0.194. The van der Waals surface area contributed by atoms with Gasteiger partial charge in [-0.1, -0.05) is 29.8 Å². The Morgan fingerprint density at radius 3 is 2.56 bits per heavy atom. The Hall–Kier alpha value is -1.55. The number of hydrogen-bond donors (Lipinski definition) is 3. The number of carbonyl (C=O) groups is 1. The predicted molar refractivity (Wildman–Crippen MR) is 63.5 cm³/mol. The Balaban J connectivity index is 2.07. The highest BCUT2D eigenvalue weighted by Crippen LogP contribution is 2.02. The zero-order chi connectivity index (χ0) is 11.8. The second-order valence-corrected chi connectivity index (χ2v) is 3.75. The molecule has 4 nitrogen and oxygen atoms in total. The summed E-state index contributed by atoms with van der Waals surface area (Å²) in [5.74, 6) is 0. The van der Waals surface area contributed by atoms with Crippen molar-refractivity contribution in [2.45, 2.75) is 19.9 Å². The van der Waals surface area contributed by atoms with E-state index in [4.69, 9.17) is 5.11 Å². The molecule has 4 heteroatoms. The van der Waals surface area contributed by atoms with Crippen LogP contribution in [0.5, 0.6) is 0 Å². The maximum absolute atomic E-state index is 10.2. The van der Waals surface area contributed by atoms with E-state index in [0.29, 0.717) is 6.54 Å². The summed E-state index contributed by atoms with van der Waals surface area (Å²) in [4.78, 5) is 10.2. The van der Waals surface area contributed by atoms with Crippen molar-refractivity contribution in [3.63, 3.8) is 0 Å². The lowest BCUT2D eigenvalue weighted by Gasteiger charge is -2.05. The Morgan fingerprint density at radius 1 is 1.25 bits per heavy atom. The highest BCUT2D eigenvalue weighted by molar-refractivity contribution is 5.64. The summed E-state index contributed by atoms with van der Waals surface area (Å²) < 4.78 is 0. The lowest BCUT2D eigenvalue weighted by atomic mass is 10.1. The third-order valence-corrected chi connectivity index (χ3v) is 2.26. The van der Waals surface area contributed by atoms with Crippen molar-refractivity contribution in [2.24, 2.45) is 0 Å². The number of nitrogens with one attached hydrogen (secondary N) is 2. The largest absolute Gasteiger partial charge is 0.465 e. The van der Waals surface area contributed by atoms with Crippen molar-refractivity contribution in [1.82, 2.24) is 10.6 Å². The van der Waals surface area contributed by atoms with Crippen LogP contribution >= 0.6 is 0 Å². The van der Waals surface area contributed by atoms with Gasteiger partial charge >= 0.3 is 6.09 Å². The molecule has 0 unspecified atom stereocenters. The number of hydrogen-bond acceptors (Lipinski definition) is 2. The Bertz CT molecular complexity index is 322. The zero-order valence-electron chi connectivity index (χ0n) is 9.49. The summed E-state index contributed by atoms with van der Waals surface area (Å²) >= 11 is 0. The Kier molecular flexibility index (Phi) is 5.36. The van der Waals surface area contributed by atoms with Gasteiger partial charge in [-0.25, -0.2) is 4.79 Å². The van der Waals surface area contributed by atoms with Crippen LogP contribution in [0.15, 0.2) is 24.3 Å². The van der Waals surface area contributed by atoms with Crippen LogP contribution in [0.25, 0.3) is 0 Å². The standard InChI is InChI=1S/C12H18N2O2/c1-10-3-5-11(6-4-10)9-13-7-2-8-14-12(15)16/h3-6,13-14H,2,7-9H2,1H3,(H,15,16). The molecule has 0 aliphatic heterocycles. The molecule has 0 bridgehead atoms. The minimum absolute atomic E-state index is 0.496. The van der Waals surface area contributed by atoms with Crippen LogP contribution < -0.4 is 10.6 Å². The Morgan fingerprint density at radius 2 is 1.94 bits per heavy atom.